The second-order valence-corrected chi connectivity index (χ2v) is 8.58. The molecule has 0 bridgehead atoms. The van der Waals surface area contributed by atoms with Crippen molar-refractivity contribution >= 4 is 17.7 Å². The molecule has 6 nitrogen and oxygen atoms in total. The number of ether oxygens (including phenoxy) is 1. The van der Waals surface area contributed by atoms with E-state index in [4.69, 9.17) is 4.74 Å². The molecule has 0 saturated heterocycles. The van der Waals surface area contributed by atoms with Crippen LogP contribution in [0.1, 0.15) is 75.4 Å². The minimum atomic E-state index is -0.626. The molecular formula is C23H24N2O4. The number of amides is 3. The van der Waals surface area contributed by atoms with Gasteiger partial charge in [0, 0.05) is 23.1 Å². The van der Waals surface area contributed by atoms with Crippen molar-refractivity contribution < 1.29 is 19.1 Å². The fourth-order valence-corrected chi connectivity index (χ4v) is 3.90. The highest BCUT2D eigenvalue weighted by Gasteiger charge is 2.42. The molecule has 2 aromatic rings. The van der Waals surface area contributed by atoms with Crippen molar-refractivity contribution in [2.24, 2.45) is 0 Å². The zero-order valence-corrected chi connectivity index (χ0v) is 17.0. The van der Waals surface area contributed by atoms with Gasteiger partial charge in [0.15, 0.2) is 0 Å². The van der Waals surface area contributed by atoms with Gasteiger partial charge >= 0.3 is 0 Å². The molecule has 6 heteroatoms. The third-order valence-corrected chi connectivity index (χ3v) is 5.33. The van der Waals surface area contributed by atoms with Crippen molar-refractivity contribution in [3.63, 3.8) is 0 Å². The van der Waals surface area contributed by atoms with Crippen LogP contribution in [-0.2, 0) is 0 Å². The molecule has 0 radical (unpaired) electrons. The molecule has 29 heavy (non-hydrogen) atoms. The summed E-state index contributed by atoms with van der Waals surface area (Å²) in [5.74, 6) is -0.179. The van der Waals surface area contributed by atoms with Gasteiger partial charge in [0.05, 0.1) is 23.8 Å². The van der Waals surface area contributed by atoms with Crippen molar-refractivity contribution in [3.8, 4) is 5.75 Å². The highest BCUT2D eigenvalue weighted by atomic mass is 16.5. The maximum absolute atomic E-state index is 12.9. The van der Waals surface area contributed by atoms with E-state index in [-0.39, 0.29) is 29.3 Å². The van der Waals surface area contributed by atoms with Crippen LogP contribution in [0.4, 0.5) is 0 Å². The third-order valence-electron chi connectivity index (χ3n) is 5.33. The van der Waals surface area contributed by atoms with Gasteiger partial charge in [0.1, 0.15) is 5.75 Å². The van der Waals surface area contributed by atoms with E-state index in [1.165, 1.54) is 11.0 Å². The topological polar surface area (TPSA) is 75.7 Å². The third kappa shape index (κ3) is 3.28. The van der Waals surface area contributed by atoms with Crippen LogP contribution in [0.3, 0.4) is 0 Å². The Labute approximate surface area is 169 Å². The largest absolute Gasteiger partial charge is 0.493 e. The van der Waals surface area contributed by atoms with Gasteiger partial charge in [-0.15, -0.1) is 0 Å². The Kier molecular flexibility index (Phi) is 4.45. The van der Waals surface area contributed by atoms with E-state index in [1.807, 2.05) is 45.9 Å². The lowest BCUT2D eigenvalue weighted by Crippen LogP contribution is -2.45. The molecule has 4 rings (SSSR count). The predicted molar refractivity (Wildman–Crippen MR) is 108 cm³/mol. The van der Waals surface area contributed by atoms with E-state index in [2.05, 4.69) is 5.32 Å². The van der Waals surface area contributed by atoms with Crippen LogP contribution < -0.4 is 10.1 Å². The average molecular weight is 392 g/mol. The smallest absolute Gasteiger partial charge is 0.262 e. The predicted octanol–water partition coefficient (Wildman–Crippen LogP) is 3.64. The molecule has 2 aliphatic heterocycles. The van der Waals surface area contributed by atoms with Gasteiger partial charge in [0.25, 0.3) is 17.7 Å². The molecule has 2 aromatic carbocycles. The molecular weight excluding hydrogens is 368 g/mol. The first-order valence-corrected chi connectivity index (χ1v) is 9.74. The lowest BCUT2D eigenvalue weighted by molar-refractivity contribution is 0.0507. The van der Waals surface area contributed by atoms with E-state index in [0.29, 0.717) is 24.2 Å². The summed E-state index contributed by atoms with van der Waals surface area (Å²) in [5.41, 5.74) is 2.41. The zero-order valence-electron chi connectivity index (χ0n) is 17.0. The highest BCUT2D eigenvalue weighted by Crippen LogP contribution is 2.33. The van der Waals surface area contributed by atoms with E-state index in [1.54, 1.807) is 12.1 Å². The molecule has 3 amide bonds. The fourth-order valence-electron chi connectivity index (χ4n) is 3.90. The van der Waals surface area contributed by atoms with Crippen molar-refractivity contribution in [2.75, 3.05) is 6.61 Å². The lowest BCUT2D eigenvalue weighted by atomic mass is 9.98. The number of hydrogen-bond donors (Lipinski definition) is 1. The first-order valence-electron chi connectivity index (χ1n) is 9.74. The molecule has 150 valence electrons. The van der Waals surface area contributed by atoms with Crippen molar-refractivity contribution in [1.29, 1.82) is 0 Å². The Morgan fingerprint density at radius 1 is 1.07 bits per heavy atom. The lowest BCUT2D eigenvalue weighted by Gasteiger charge is -2.29. The minimum Gasteiger partial charge on any atom is -0.493 e. The Bertz CT molecular complexity index is 1040. The van der Waals surface area contributed by atoms with Crippen LogP contribution in [0, 0.1) is 6.92 Å². The molecule has 1 atom stereocenters. The SMILES string of the molecule is Cc1ccc2c(c1)C(NC(=O)c1ccc3c(c1)C(=O)N(C(C)(C)C)C3=O)CCO2. The average Bonchev–Trinajstić information content (AvgIpc) is 2.92. The molecule has 0 spiro atoms. The number of carbonyl (C=O) groups excluding carboxylic acids is 3. The van der Waals surface area contributed by atoms with E-state index in [9.17, 15) is 14.4 Å². The summed E-state index contributed by atoms with van der Waals surface area (Å²) in [6.45, 7) is 7.96. The van der Waals surface area contributed by atoms with Gasteiger partial charge in [0.2, 0.25) is 0 Å². The number of rotatable bonds is 2. The van der Waals surface area contributed by atoms with Crippen molar-refractivity contribution in [3.05, 3.63) is 64.2 Å². The molecule has 0 fully saturated rings. The Balaban J connectivity index is 1.60. The molecule has 1 unspecified atom stereocenters. The monoisotopic (exact) mass is 392 g/mol. The Morgan fingerprint density at radius 3 is 2.52 bits per heavy atom. The summed E-state index contributed by atoms with van der Waals surface area (Å²) in [4.78, 5) is 39.5. The normalized spacial score (nSPS) is 18.2. The van der Waals surface area contributed by atoms with Crippen LogP contribution >= 0.6 is 0 Å². The van der Waals surface area contributed by atoms with Gasteiger partial charge < -0.3 is 10.1 Å². The first-order chi connectivity index (χ1) is 13.7. The number of benzene rings is 2. The van der Waals surface area contributed by atoms with Gasteiger partial charge in [-0.05, 0) is 52.0 Å². The maximum atomic E-state index is 12.9. The van der Waals surface area contributed by atoms with Crippen molar-refractivity contribution in [1.82, 2.24) is 10.2 Å². The van der Waals surface area contributed by atoms with Crippen LogP contribution in [0.2, 0.25) is 0 Å². The van der Waals surface area contributed by atoms with E-state index >= 15 is 0 Å². The van der Waals surface area contributed by atoms with Crippen LogP contribution in [0.15, 0.2) is 36.4 Å². The Hall–Kier alpha value is -3.15. The standard InChI is InChI=1S/C23H24N2O4/c1-13-5-8-19-17(11-13)18(9-10-29-19)24-20(26)14-6-7-15-16(12-14)22(28)25(21(15)27)23(2,3)4/h5-8,11-12,18H,9-10H2,1-4H3,(H,24,26). The van der Waals surface area contributed by atoms with Crippen LogP contribution in [0.25, 0.3) is 0 Å². The molecule has 1 N–H and O–H groups in total. The van der Waals surface area contributed by atoms with Gasteiger partial charge in [-0.1, -0.05) is 17.7 Å². The van der Waals surface area contributed by atoms with Gasteiger partial charge in [-0.2, -0.15) is 0 Å². The van der Waals surface area contributed by atoms with Gasteiger partial charge in [-0.3, -0.25) is 19.3 Å². The number of nitrogens with one attached hydrogen (secondary N) is 1. The van der Waals surface area contributed by atoms with Gasteiger partial charge in [-0.25, -0.2) is 0 Å². The molecule has 0 saturated carbocycles. The summed E-state index contributed by atoms with van der Waals surface area (Å²) >= 11 is 0. The number of aryl methyl sites for hydroxylation is 1. The second kappa shape index (κ2) is 6.72. The summed E-state index contributed by atoms with van der Waals surface area (Å²) in [6, 6.07) is 10.4. The maximum Gasteiger partial charge on any atom is 0.262 e. The zero-order chi connectivity index (χ0) is 20.9. The minimum absolute atomic E-state index is 0.164. The first kappa shape index (κ1) is 19.2. The van der Waals surface area contributed by atoms with Crippen molar-refractivity contribution in [2.45, 2.75) is 45.7 Å². The highest BCUT2D eigenvalue weighted by molar-refractivity contribution is 6.22. The number of nitrogens with zero attached hydrogens (tertiary/aromatic N) is 1. The number of carbonyl (C=O) groups is 3. The van der Waals surface area contributed by atoms with E-state index < -0.39 is 5.54 Å². The van der Waals surface area contributed by atoms with E-state index in [0.717, 1.165) is 16.9 Å². The van der Waals surface area contributed by atoms with Crippen LogP contribution in [0.5, 0.6) is 5.75 Å². The number of fused-ring (bicyclic) bond motifs is 2. The summed E-state index contributed by atoms with van der Waals surface area (Å²) in [7, 11) is 0. The quantitative estimate of drug-likeness (QED) is 0.792. The second-order valence-electron chi connectivity index (χ2n) is 8.58. The Morgan fingerprint density at radius 2 is 1.79 bits per heavy atom. The molecule has 0 aromatic heterocycles. The fraction of sp³-hybridized carbons (Fsp3) is 0.348. The summed E-state index contributed by atoms with van der Waals surface area (Å²) in [5, 5.41) is 3.05. The number of hydrogen-bond acceptors (Lipinski definition) is 4. The molecule has 0 aliphatic carbocycles. The summed E-state index contributed by atoms with van der Waals surface area (Å²) < 4.78 is 5.69. The number of imide groups is 1. The molecule has 2 aliphatic rings. The molecule has 2 heterocycles. The summed E-state index contributed by atoms with van der Waals surface area (Å²) in [6.07, 6.45) is 0.669. The van der Waals surface area contributed by atoms with Crippen LogP contribution in [-0.4, -0.2) is 34.8 Å².